The number of rotatable bonds is 8. The average molecular weight is 480 g/mol. The van der Waals surface area contributed by atoms with Crippen molar-refractivity contribution in [2.75, 3.05) is 13.2 Å². The van der Waals surface area contributed by atoms with Gasteiger partial charge in [0.05, 0.1) is 10.6 Å². The number of hydrogen-bond donors (Lipinski definition) is 2. The molecule has 0 spiro atoms. The van der Waals surface area contributed by atoms with Crippen molar-refractivity contribution in [3.63, 3.8) is 0 Å². The first kappa shape index (κ1) is 23.1. The summed E-state index contributed by atoms with van der Waals surface area (Å²) >= 11 is 12.3. The molecule has 0 unspecified atom stereocenters. The third kappa shape index (κ3) is 5.48. The molecule has 4 rings (SSSR count). The van der Waals surface area contributed by atoms with Crippen molar-refractivity contribution < 1.29 is 14.6 Å². The predicted octanol–water partition coefficient (Wildman–Crippen LogP) is 7.24. The van der Waals surface area contributed by atoms with Gasteiger partial charge in [0.15, 0.2) is 0 Å². The minimum absolute atomic E-state index is 0.0447. The van der Waals surface area contributed by atoms with E-state index in [9.17, 15) is 9.90 Å². The molecular formula is C27H23Cl2NO3. The van der Waals surface area contributed by atoms with Gasteiger partial charge in [-0.15, -0.1) is 0 Å². The molecule has 0 aromatic heterocycles. The fourth-order valence-corrected chi connectivity index (χ4v) is 4.29. The van der Waals surface area contributed by atoms with Crippen molar-refractivity contribution >= 4 is 39.9 Å². The van der Waals surface area contributed by atoms with Gasteiger partial charge in [0.1, 0.15) is 12.4 Å². The highest BCUT2D eigenvalue weighted by atomic mass is 35.5. The van der Waals surface area contributed by atoms with Gasteiger partial charge >= 0.3 is 5.97 Å². The molecule has 0 saturated carbocycles. The van der Waals surface area contributed by atoms with Crippen molar-refractivity contribution in [1.29, 1.82) is 0 Å². The zero-order valence-electron chi connectivity index (χ0n) is 18.0. The van der Waals surface area contributed by atoms with Crippen LogP contribution >= 0.6 is 23.2 Å². The van der Waals surface area contributed by atoms with Crippen LogP contribution < -0.4 is 10.1 Å². The summed E-state index contributed by atoms with van der Waals surface area (Å²) in [5.74, 6) is -0.462. The summed E-state index contributed by atoms with van der Waals surface area (Å²) in [6, 6.07) is 25.1. The summed E-state index contributed by atoms with van der Waals surface area (Å²) in [6.45, 7) is 3.24. The molecule has 0 aliphatic rings. The highest BCUT2D eigenvalue weighted by Gasteiger charge is 2.12. The van der Waals surface area contributed by atoms with Crippen molar-refractivity contribution in [3.05, 3.63) is 100 Å². The lowest BCUT2D eigenvalue weighted by Gasteiger charge is -2.17. The molecule has 2 N–H and O–H groups in total. The number of carbonyl (C=O) groups is 1. The van der Waals surface area contributed by atoms with Crippen molar-refractivity contribution in [3.8, 4) is 16.9 Å². The lowest BCUT2D eigenvalue weighted by molar-refractivity contribution is 0.0697. The second-order valence-electron chi connectivity index (χ2n) is 7.77. The first-order valence-electron chi connectivity index (χ1n) is 10.6. The summed E-state index contributed by atoms with van der Waals surface area (Å²) in [7, 11) is 0. The Bertz CT molecular complexity index is 1300. The molecular weight excluding hydrogens is 457 g/mol. The molecule has 0 aliphatic carbocycles. The number of hydrogen-bond acceptors (Lipinski definition) is 3. The smallest absolute Gasteiger partial charge is 0.337 e. The largest absolute Gasteiger partial charge is 0.492 e. The minimum atomic E-state index is -1.08. The Morgan fingerprint density at radius 2 is 1.76 bits per heavy atom. The molecule has 33 heavy (non-hydrogen) atoms. The van der Waals surface area contributed by atoms with Gasteiger partial charge in [0, 0.05) is 17.6 Å². The molecule has 4 aromatic rings. The number of halogens is 2. The van der Waals surface area contributed by atoms with Crippen LogP contribution in [0.5, 0.6) is 5.75 Å². The Hall–Kier alpha value is -3.05. The third-order valence-electron chi connectivity index (χ3n) is 5.51. The molecule has 0 heterocycles. The number of benzene rings is 4. The average Bonchev–Trinajstić information content (AvgIpc) is 2.81. The van der Waals surface area contributed by atoms with Crippen LogP contribution in [0.3, 0.4) is 0 Å². The Balaban J connectivity index is 1.42. The van der Waals surface area contributed by atoms with Gasteiger partial charge in [-0.25, -0.2) is 4.79 Å². The number of carboxylic acid groups (broad SMARTS) is 1. The highest BCUT2D eigenvalue weighted by molar-refractivity contribution is 6.33. The maximum Gasteiger partial charge on any atom is 0.337 e. The summed E-state index contributed by atoms with van der Waals surface area (Å²) in [4.78, 5) is 11.4. The summed E-state index contributed by atoms with van der Waals surface area (Å²) in [5.41, 5.74) is 2.75. The monoisotopic (exact) mass is 479 g/mol. The fourth-order valence-electron chi connectivity index (χ4n) is 3.86. The number of aromatic carboxylic acids is 1. The summed E-state index contributed by atoms with van der Waals surface area (Å²) in [6.07, 6.45) is 0. The molecule has 0 fully saturated rings. The quantitative estimate of drug-likeness (QED) is 0.261. The molecule has 1 atom stereocenters. The van der Waals surface area contributed by atoms with E-state index in [1.165, 1.54) is 22.4 Å². The SMILES string of the molecule is C[C@@H](NCCOc1cc(Cl)cc(-c2ccc(Cl)c(C(=O)O)c2)c1)c1cccc2ccccc12. The first-order valence-corrected chi connectivity index (χ1v) is 11.4. The zero-order valence-corrected chi connectivity index (χ0v) is 19.5. The molecule has 0 aliphatic heterocycles. The van der Waals surface area contributed by atoms with E-state index >= 15 is 0 Å². The van der Waals surface area contributed by atoms with Gasteiger partial charge in [0.25, 0.3) is 0 Å². The van der Waals surface area contributed by atoms with E-state index in [2.05, 4.69) is 48.6 Å². The molecule has 168 valence electrons. The molecule has 0 amide bonds. The van der Waals surface area contributed by atoms with Crippen LogP contribution in [0.25, 0.3) is 21.9 Å². The van der Waals surface area contributed by atoms with Crippen LogP contribution in [-0.4, -0.2) is 24.2 Å². The van der Waals surface area contributed by atoms with Gasteiger partial charge in [-0.05, 0) is 64.7 Å². The van der Waals surface area contributed by atoms with Crippen molar-refractivity contribution in [1.82, 2.24) is 5.32 Å². The van der Waals surface area contributed by atoms with Crippen LogP contribution in [0.4, 0.5) is 0 Å². The standard InChI is InChI=1S/C27H23Cl2NO3/c1-17(23-8-4-6-18-5-2-3-7-24(18)23)30-11-12-33-22-14-20(13-21(28)16-22)19-9-10-26(29)25(15-19)27(31)32/h2-10,13-17,30H,11-12H2,1H3,(H,31,32)/t17-/m1/s1. The van der Waals surface area contributed by atoms with Crippen LogP contribution in [-0.2, 0) is 0 Å². The molecule has 0 saturated heterocycles. The van der Waals surface area contributed by atoms with Crippen molar-refractivity contribution in [2.45, 2.75) is 13.0 Å². The van der Waals surface area contributed by atoms with E-state index in [0.717, 1.165) is 5.56 Å². The van der Waals surface area contributed by atoms with Gasteiger partial charge < -0.3 is 15.2 Å². The van der Waals surface area contributed by atoms with Crippen LogP contribution in [0, 0.1) is 0 Å². The highest BCUT2D eigenvalue weighted by Crippen LogP contribution is 2.31. The summed E-state index contributed by atoms with van der Waals surface area (Å²) < 4.78 is 5.93. The second kappa shape index (κ2) is 10.3. The van der Waals surface area contributed by atoms with Gasteiger partial charge in [-0.1, -0.05) is 71.7 Å². The van der Waals surface area contributed by atoms with Crippen LogP contribution in [0.1, 0.15) is 28.9 Å². The maximum absolute atomic E-state index is 11.4. The number of nitrogens with one attached hydrogen (secondary N) is 1. The van der Waals surface area contributed by atoms with E-state index in [1.54, 1.807) is 24.3 Å². The number of carboxylic acids is 1. The first-order chi connectivity index (χ1) is 15.9. The Kier molecular flexibility index (Phi) is 7.19. The number of ether oxygens (including phenoxy) is 1. The molecule has 4 aromatic carbocycles. The lowest BCUT2D eigenvalue weighted by Crippen LogP contribution is -2.24. The van der Waals surface area contributed by atoms with Gasteiger partial charge in [-0.2, -0.15) is 0 Å². The van der Waals surface area contributed by atoms with E-state index in [4.69, 9.17) is 27.9 Å². The zero-order chi connectivity index (χ0) is 23.4. The summed E-state index contributed by atoms with van der Waals surface area (Å²) in [5, 5.41) is 16.0. The second-order valence-corrected chi connectivity index (χ2v) is 8.61. The lowest BCUT2D eigenvalue weighted by atomic mass is 10.00. The van der Waals surface area contributed by atoms with Gasteiger partial charge in [0.2, 0.25) is 0 Å². The molecule has 6 heteroatoms. The normalized spacial score (nSPS) is 12.0. The van der Waals surface area contributed by atoms with E-state index in [1.807, 2.05) is 12.1 Å². The topological polar surface area (TPSA) is 58.6 Å². The van der Waals surface area contributed by atoms with E-state index in [-0.39, 0.29) is 16.6 Å². The Morgan fingerprint density at radius 1 is 0.970 bits per heavy atom. The van der Waals surface area contributed by atoms with Gasteiger partial charge in [-0.3, -0.25) is 0 Å². The molecule has 0 bridgehead atoms. The van der Waals surface area contributed by atoms with Crippen molar-refractivity contribution in [2.24, 2.45) is 0 Å². The molecule has 0 radical (unpaired) electrons. The van der Waals surface area contributed by atoms with E-state index in [0.29, 0.717) is 29.5 Å². The van der Waals surface area contributed by atoms with E-state index < -0.39 is 5.97 Å². The Morgan fingerprint density at radius 3 is 2.58 bits per heavy atom. The Labute approximate surface area is 202 Å². The maximum atomic E-state index is 11.4. The molecule has 4 nitrogen and oxygen atoms in total. The van der Waals surface area contributed by atoms with Crippen LogP contribution in [0.2, 0.25) is 10.0 Å². The van der Waals surface area contributed by atoms with Crippen LogP contribution in [0.15, 0.2) is 78.9 Å². The number of fused-ring (bicyclic) bond motifs is 1. The fraction of sp³-hybridized carbons (Fsp3) is 0.148. The minimum Gasteiger partial charge on any atom is -0.492 e. The predicted molar refractivity (Wildman–Crippen MR) is 135 cm³/mol. The third-order valence-corrected chi connectivity index (χ3v) is 6.06.